The number of nitroso groups, excluding NO2 is 1. The lowest BCUT2D eigenvalue weighted by Crippen LogP contribution is -1.90. The molecular weight excluding hydrogens is 140 g/mol. The lowest BCUT2D eigenvalue weighted by atomic mass is 10.1. The van der Waals surface area contributed by atoms with Crippen molar-refractivity contribution >= 4 is 11.4 Å². The van der Waals surface area contributed by atoms with Crippen LogP contribution in [0.25, 0.3) is 0 Å². The summed E-state index contributed by atoms with van der Waals surface area (Å²) in [6, 6.07) is 5.61. The molecule has 0 aliphatic carbocycles. The summed E-state index contributed by atoms with van der Waals surface area (Å²) in [5.74, 6) is 0. The highest BCUT2D eigenvalue weighted by Crippen LogP contribution is 2.32. The van der Waals surface area contributed by atoms with Crippen LogP contribution in [0.15, 0.2) is 23.4 Å². The van der Waals surface area contributed by atoms with Crippen molar-refractivity contribution in [3.05, 3.63) is 28.7 Å². The number of hydrogen-bond acceptors (Lipinski definition) is 3. The molecule has 0 radical (unpaired) electrons. The van der Waals surface area contributed by atoms with E-state index in [1.165, 1.54) is 5.56 Å². The summed E-state index contributed by atoms with van der Waals surface area (Å²) in [7, 11) is 0. The first-order valence-electron chi connectivity index (χ1n) is 3.61. The normalized spacial score (nSPS) is 13.8. The van der Waals surface area contributed by atoms with Crippen LogP contribution in [-0.4, -0.2) is 6.54 Å². The van der Waals surface area contributed by atoms with Gasteiger partial charge in [0.15, 0.2) is 0 Å². The molecule has 0 bridgehead atoms. The van der Waals surface area contributed by atoms with E-state index in [0.717, 1.165) is 18.7 Å². The van der Waals surface area contributed by atoms with Gasteiger partial charge in [-0.15, -0.1) is 4.91 Å². The highest BCUT2D eigenvalue weighted by Gasteiger charge is 2.13. The first-order valence-corrected chi connectivity index (χ1v) is 3.61. The first-order chi connectivity index (χ1) is 5.42. The molecule has 0 unspecified atom stereocenters. The van der Waals surface area contributed by atoms with Crippen LogP contribution >= 0.6 is 0 Å². The molecule has 0 amide bonds. The fraction of sp³-hybridized carbons (Fsp3) is 0.250. The number of nitrogens with one attached hydrogen (secondary N) is 1. The van der Waals surface area contributed by atoms with Gasteiger partial charge < -0.3 is 5.32 Å². The molecule has 1 aromatic rings. The Morgan fingerprint density at radius 2 is 2.36 bits per heavy atom. The Kier molecular flexibility index (Phi) is 1.35. The molecule has 0 saturated heterocycles. The summed E-state index contributed by atoms with van der Waals surface area (Å²) >= 11 is 0. The topological polar surface area (TPSA) is 41.5 Å². The van der Waals surface area contributed by atoms with E-state index in [2.05, 4.69) is 10.5 Å². The van der Waals surface area contributed by atoms with E-state index < -0.39 is 0 Å². The Morgan fingerprint density at radius 3 is 3.18 bits per heavy atom. The van der Waals surface area contributed by atoms with Crippen LogP contribution in [0.2, 0.25) is 0 Å². The van der Waals surface area contributed by atoms with Crippen molar-refractivity contribution in [1.29, 1.82) is 0 Å². The van der Waals surface area contributed by atoms with Crippen LogP contribution < -0.4 is 5.32 Å². The molecule has 3 heteroatoms. The molecule has 0 spiro atoms. The average Bonchev–Trinajstić information content (AvgIpc) is 2.50. The minimum Gasteiger partial charge on any atom is -0.383 e. The van der Waals surface area contributed by atoms with Gasteiger partial charge in [-0.2, -0.15) is 0 Å². The van der Waals surface area contributed by atoms with Crippen LogP contribution in [0.1, 0.15) is 5.56 Å². The van der Waals surface area contributed by atoms with Crippen molar-refractivity contribution in [1.82, 2.24) is 0 Å². The van der Waals surface area contributed by atoms with E-state index in [4.69, 9.17) is 0 Å². The highest BCUT2D eigenvalue weighted by atomic mass is 16.3. The van der Waals surface area contributed by atoms with Gasteiger partial charge in [0, 0.05) is 6.54 Å². The SMILES string of the molecule is O=Nc1cccc2c1NCC2. The predicted octanol–water partition coefficient (Wildman–Crippen LogP) is 2.05. The Bertz CT molecular complexity index is 296. The minimum atomic E-state index is 0.528. The van der Waals surface area contributed by atoms with E-state index in [1.54, 1.807) is 6.07 Å². The first kappa shape index (κ1) is 6.34. The van der Waals surface area contributed by atoms with Gasteiger partial charge in [0.05, 0.1) is 5.69 Å². The molecule has 1 aromatic carbocycles. The summed E-state index contributed by atoms with van der Waals surface area (Å²) in [5, 5.41) is 6.06. The van der Waals surface area contributed by atoms with Gasteiger partial charge in [0.1, 0.15) is 5.69 Å². The maximum Gasteiger partial charge on any atom is 0.131 e. The molecule has 0 fully saturated rings. The fourth-order valence-electron chi connectivity index (χ4n) is 1.40. The van der Waals surface area contributed by atoms with E-state index in [9.17, 15) is 4.91 Å². The second-order valence-electron chi connectivity index (χ2n) is 2.58. The maximum absolute atomic E-state index is 10.3. The van der Waals surface area contributed by atoms with Crippen molar-refractivity contribution in [2.75, 3.05) is 11.9 Å². The minimum absolute atomic E-state index is 0.528. The highest BCUT2D eigenvalue weighted by molar-refractivity contribution is 5.71. The summed E-state index contributed by atoms with van der Waals surface area (Å²) in [5.41, 5.74) is 2.64. The lowest BCUT2D eigenvalue weighted by molar-refractivity contribution is 1.11. The molecule has 1 aliphatic rings. The molecule has 1 heterocycles. The Hall–Kier alpha value is -1.38. The summed E-state index contributed by atoms with van der Waals surface area (Å²) in [6.07, 6.45) is 0.999. The monoisotopic (exact) mass is 148 g/mol. The van der Waals surface area contributed by atoms with Crippen LogP contribution in [0.3, 0.4) is 0 Å². The van der Waals surface area contributed by atoms with Crippen molar-refractivity contribution in [3.8, 4) is 0 Å². The zero-order valence-corrected chi connectivity index (χ0v) is 6.00. The zero-order chi connectivity index (χ0) is 7.68. The van der Waals surface area contributed by atoms with Crippen LogP contribution in [0, 0.1) is 4.91 Å². The molecule has 0 atom stereocenters. The van der Waals surface area contributed by atoms with E-state index in [0.29, 0.717) is 5.69 Å². The maximum atomic E-state index is 10.3. The number of anilines is 1. The molecular formula is C8H8N2O. The molecule has 1 aliphatic heterocycles. The summed E-state index contributed by atoms with van der Waals surface area (Å²) in [4.78, 5) is 10.3. The van der Waals surface area contributed by atoms with E-state index in [1.807, 2.05) is 12.1 Å². The van der Waals surface area contributed by atoms with Gasteiger partial charge in [-0.1, -0.05) is 12.1 Å². The standard InChI is InChI=1S/C8H8N2O/c11-10-7-3-1-2-6-4-5-9-8(6)7/h1-3,9H,4-5H2. The smallest absolute Gasteiger partial charge is 0.131 e. The van der Waals surface area contributed by atoms with Crippen molar-refractivity contribution in [3.63, 3.8) is 0 Å². The number of para-hydroxylation sites is 1. The molecule has 0 saturated carbocycles. The largest absolute Gasteiger partial charge is 0.383 e. The van der Waals surface area contributed by atoms with E-state index in [-0.39, 0.29) is 0 Å². The van der Waals surface area contributed by atoms with Crippen LogP contribution in [0.4, 0.5) is 11.4 Å². The molecule has 2 rings (SSSR count). The van der Waals surface area contributed by atoms with Gasteiger partial charge >= 0.3 is 0 Å². The number of rotatable bonds is 1. The molecule has 56 valence electrons. The number of hydrogen-bond donors (Lipinski definition) is 1. The van der Waals surface area contributed by atoms with Crippen molar-refractivity contribution in [2.24, 2.45) is 5.18 Å². The number of benzene rings is 1. The third kappa shape index (κ3) is 0.888. The summed E-state index contributed by atoms with van der Waals surface area (Å²) in [6.45, 7) is 0.919. The number of fused-ring (bicyclic) bond motifs is 1. The third-order valence-electron chi connectivity index (χ3n) is 1.92. The lowest BCUT2D eigenvalue weighted by Gasteiger charge is -1.99. The fourth-order valence-corrected chi connectivity index (χ4v) is 1.40. The van der Waals surface area contributed by atoms with Crippen molar-refractivity contribution in [2.45, 2.75) is 6.42 Å². The molecule has 1 N–H and O–H groups in total. The summed E-state index contributed by atoms with van der Waals surface area (Å²) < 4.78 is 0. The third-order valence-corrected chi connectivity index (χ3v) is 1.92. The van der Waals surface area contributed by atoms with Crippen LogP contribution in [0.5, 0.6) is 0 Å². The Labute approximate surface area is 64.4 Å². The Balaban J connectivity index is 2.58. The quantitative estimate of drug-likeness (QED) is 0.619. The molecule has 3 nitrogen and oxygen atoms in total. The van der Waals surface area contributed by atoms with Gasteiger partial charge in [-0.3, -0.25) is 0 Å². The van der Waals surface area contributed by atoms with Gasteiger partial charge in [0.2, 0.25) is 0 Å². The van der Waals surface area contributed by atoms with Crippen LogP contribution in [-0.2, 0) is 6.42 Å². The molecule has 11 heavy (non-hydrogen) atoms. The van der Waals surface area contributed by atoms with Gasteiger partial charge in [-0.25, -0.2) is 0 Å². The Morgan fingerprint density at radius 1 is 1.45 bits per heavy atom. The number of nitrogens with zero attached hydrogens (tertiary/aromatic N) is 1. The van der Waals surface area contributed by atoms with Gasteiger partial charge in [0.25, 0.3) is 0 Å². The van der Waals surface area contributed by atoms with Gasteiger partial charge in [-0.05, 0) is 23.2 Å². The zero-order valence-electron chi connectivity index (χ0n) is 6.00. The average molecular weight is 148 g/mol. The second kappa shape index (κ2) is 2.34. The second-order valence-corrected chi connectivity index (χ2v) is 2.58. The van der Waals surface area contributed by atoms with Crippen molar-refractivity contribution < 1.29 is 0 Å². The van der Waals surface area contributed by atoms with E-state index >= 15 is 0 Å². The molecule has 0 aromatic heterocycles. The predicted molar refractivity (Wildman–Crippen MR) is 44.1 cm³/mol.